The lowest BCUT2D eigenvalue weighted by molar-refractivity contribution is -0.138. The third-order valence-corrected chi connectivity index (χ3v) is 3.70. The number of amides is 3. The average Bonchev–Trinajstić information content (AvgIpc) is 2.46. The fraction of sp³-hybridized carbons (Fsp3) is 0.250. The highest BCUT2D eigenvalue weighted by Gasteiger charge is 2.20. The van der Waals surface area contributed by atoms with Crippen LogP contribution >= 0.6 is 0 Å². The lowest BCUT2D eigenvalue weighted by Gasteiger charge is -2.14. The zero-order valence-corrected chi connectivity index (χ0v) is 13.4. The summed E-state index contributed by atoms with van der Waals surface area (Å²) >= 11 is 0. The van der Waals surface area contributed by atoms with Gasteiger partial charge in [0.25, 0.3) is 10.1 Å². The van der Waals surface area contributed by atoms with Gasteiger partial charge in [-0.1, -0.05) is 0 Å². The third kappa shape index (κ3) is 5.91. The van der Waals surface area contributed by atoms with E-state index in [-0.39, 0.29) is 5.56 Å². The van der Waals surface area contributed by atoms with Crippen LogP contribution in [0.4, 0.5) is 10.5 Å². The van der Waals surface area contributed by atoms with Crippen molar-refractivity contribution in [2.45, 2.75) is 17.4 Å². The van der Waals surface area contributed by atoms with Crippen molar-refractivity contribution in [1.29, 1.82) is 0 Å². The van der Waals surface area contributed by atoms with Gasteiger partial charge in [0.05, 0.1) is 17.0 Å². The van der Waals surface area contributed by atoms with Crippen molar-refractivity contribution < 1.29 is 37.6 Å². The van der Waals surface area contributed by atoms with Gasteiger partial charge in [-0.3, -0.25) is 14.1 Å². The molecule has 0 aliphatic carbocycles. The van der Waals surface area contributed by atoms with E-state index in [4.69, 9.17) is 21.1 Å². The number of primary amides is 1. The van der Waals surface area contributed by atoms with Crippen molar-refractivity contribution >= 4 is 33.7 Å². The molecule has 9 N–H and O–H groups in total. The van der Waals surface area contributed by atoms with Gasteiger partial charge in [0.1, 0.15) is 11.8 Å². The molecule has 0 saturated carbocycles. The van der Waals surface area contributed by atoms with Crippen molar-refractivity contribution in [2.75, 3.05) is 11.9 Å². The van der Waals surface area contributed by atoms with Crippen molar-refractivity contribution in [3.8, 4) is 5.75 Å². The van der Waals surface area contributed by atoms with Crippen LogP contribution in [-0.2, 0) is 26.1 Å². The highest BCUT2D eigenvalue weighted by atomic mass is 32.2. The van der Waals surface area contributed by atoms with Gasteiger partial charge in [-0.2, -0.15) is 8.42 Å². The predicted molar refractivity (Wildman–Crippen MR) is 83.5 cm³/mol. The van der Waals surface area contributed by atoms with Crippen LogP contribution in [0, 0.1) is 0 Å². The van der Waals surface area contributed by atoms with Crippen LogP contribution in [0.15, 0.2) is 17.0 Å². The van der Waals surface area contributed by atoms with Gasteiger partial charge in [-0.25, -0.2) is 4.79 Å². The van der Waals surface area contributed by atoms with Gasteiger partial charge >= 0.3 is 12.0 Å². The second-order valence-electron chi connectivity index (χ2n) is 4.88. The van der Waals surface area contributed by atoms with E-state index in [9.17, 15) is 27.9 Å². The fourth-order valence-corrected chi connectivity index (χ4v) is 2.25. The van der Waals surface area contributed by atoms with E-state index in [1.165, 1.54) is 0 Å². The van der Waals surface area contributed by atoms with Crippen molar-refractivity contribution in [3.05, 3.63) is 17.7 Å². The van der Waals surface area contributed by atoms with E-state index in [2.05, 4.69) is 10.6 Å². The number of nitrogens with one attached hydrogen (secondary N) is 2. The number of carboxylic acid groups (broad SMARTS) is 1. The molecular weight excluding hydrogens is 360 g/mol. The van der Waals surface area contributed by atoms with Gasteiger partial charge in [-0.15, -0.1) is 0 Å². The number of hydrogen-bond acceptors (Lipinski definition) is 7. The second-order valence-corrected chi connectivity index (χ2v) is 6.30. The Kier molecular flexibility index (Phi) is 6.27. The van der Waals surface area contributed by atoms with E-state index >= 15 is 0 Å². The zero-order chi connectivity index (χ0) is 19.4. The predicted octanol–water partition coefficient (Wildman–Crippen LogP) is -1.80. The number of phenolic OH excluding ortho intramolecular Hbond substituents is 1. The Labute approximate surface area is 141 Å². The maximum absolute atomic E-state index is 11.7. The lowest BCUT2D eigenvalue weighted by Crippen LogP contribution is -2.43. The van der Waals surface area contributed by atoms with Gasteiger partial charge in [-0.05, 0) is 12.1 Å². The quantitative estimate of drug-likeness (QED) is 0.210. The maximum Gasteiger partial charge on any atom is 0.322 e. The minimum atomic E-state index is -4.71. The molecule has 1 rings (SSSR count). The number of rotatable bonds is 7. The monoisotopic (exact) mass is 376 g/mol. The standard InChI is InChI=1S/C12H16N4O8S/c13-7(11(19)20)4-15-12(21)16-8-3-6(25(22,23)24)1-5(10(8)18)2-9(14)17/h1,3,7,18H,2,4,13H2,(H2,14,17)(H,19,20)(H2,15,16,21)(H,22,23,24)/t7-/m0/s1. The summed E-state index contributed by atoms with van der Waals surface area (Å²) in [5.74, 6) is -2.91. The Morgan fingerprint density at radius 1 is 1.24 bits per heavy atom. The molecular formula is C12H16N4O8S. The first-order valence-corrected chi connectivity index (χ1v) is 8.00. The molecule has 0 unspecified atom stereocenters. The molecule has 0 saturated heterocycles. The molecule has 1 atom stereocenters. The van der Waals surface area contributed by atoms with E-state index in [0.29, 0.717) is 0 Å². The number of aromatic hydroxyl groups is 1. The average molecular weight is 376 g/mol. The number of carboxylic acids is 1. The van der Waals surface area contributed by atoms with Crippen molar-refractivity contribution in [1.82, 2.24) is 5.32 Å². The van der Waals surface area contributed by atoms with Gasteiger partial charge in [0, 0.05) is 12.1 Å². The smallest absolute Gasteiger partial charge is 0.322 e. The summed E-state index contributed by atoms with van der Waals surface area (Å²) < 4.78 is 31.6. The summed E-state index contributed by atoms with van der Waals surface area (Å²) in [6, 6.07) is -0.830. The lowest BCUT2D eigenvalue weighted by atomic mass is 10.1. The van der Waals surface area contributed by atoms with Gasteiger partial charge in [0.15, 0.2) is 0 Å². The van der Waals surface area contributed by atoms with Crippen LogP contribution in [0.25, 0.3) is 0 Å². The first kappa shape index (κ1) is 20.1. The van der Waals surface area contributed by atoms with Crippen molar-refractivity contribution in [3.63, 3.8) is 0 Å². The highest BCUT2D eigenvalue weighted by molar-refractivity contribution is 7.85. The van der Waals surface area contributed by atoms with E-state index in [1.807, 2.05) is 0 Å². The Hall–Kier alpha value is -2.90. The molecule has 1 aromatic carbocycles. The molecule has 0 aliphatic rings. The molecule has 3 amide bonds. The molecule has 12 nitrogen and oxygen atoms in total. The minimum absolute atomic E-state index is 0.250. The van der Waals surface area contributed by atoms with Crippen molar-refractivity contribution in [2.24, 2.45) is 11.5 Å². The van der Waals surface area contributed by atoms with Crippen LogP contribution in [0.1, 0.15) is 5.56 Å². The molecule has 0 spiro atoms. The molecule has 0 aromatic heterocycles. The van der Waals surface area contributed by atoms with Crippen LogP contribution < -0.4 is 22.1 Å². The SMILES string of the molecule is NC(=O)Cc1cc(S(=O)(=O)O)cc(NC(=O)NC[C@H](N)C(=O)O)c1O. The summed E-state index contributed by atoms with van der Waals surface area (Å²) in [7, 11) is -4.71. The zero-order valence-electron chi connectivity index (χ0n) is 12.6. The number of carbonyl (C=O) groups excluding carboxylic acids is 2. The molecule has 1 aromatic rings. The number of benzene rings is 1. The number of nitrogens with two attached hydrogens (primary N) is 2. The minimum Gasteiger partial charge on any atom is -0.505 e. The molecule has 0 radical (unpaired) electrons. The number of anilines is 1. The van der Waals surface area contributed by atoms with Gasteiger partial charge in [0.2, 0.25) is 5.91 Å². The summed E-state index contributed by atoms with van der Waals surface area (Å²) in [6.07, 6.45) is -0.560. The summed E-state index contributed by atoms with van der Waals surface area (Å²) in [4.78, 5) is 32.5. The van der Waals surface area contributed by atoms with Crippen LogP contribution in [-0.4, -0.2) is 53.7 Å². The Morgan fingerprint density at radius 3 is 2.32 bits per heavy atom. The van der Waals surface area contributed by atoms with Crippen LogP contribution in [0.3, 0.4) is 0 Å². The number of aliphatic carboxylic acids is 1. The number of carbonyl (C=O) groups is 3. The number of hydrogen-bond donors (Lipinski definition) is 7. The largest absolute Gasteiger partial charge is 0.505 e. The van der Waals surface area contributed by atoms with E-state index < -0.39 is 63.4 Å². The second kappa shape index (κ2) is 7.78. The first-order valence-electron chi connectivity index (χ1n) is 6.56. The summed E-state index contributed by atoms with van der Waals surface area (Å²) in [5.41, 5.74) is 9.47. The Morgan fingerprint density at radius 2 is 1.84 bits per heavy atom. The molecule has 25 heavy (non-hydrogen) atoms. The molecule has 0 bridgehead atoms. The van der Waals surface area contributed by atoms with Crippen LogP contribution in [0.2, 0.25) is 0 Å². The molecule has 0 fully saturated rings. The molecule has 0 heterocycles. The normalized spacial score (nSPS) is 12.2. The molecule has 138 valence electrons. The Bertz CT molecular complexity index is 808. The summed E-state index contributed by atoms with van der Waals surface area (Å²) in [5, 5.41) is 22.7. The first-order chi connectivity index (χ1) is 11.4. The topological polar surface area (TPSA) is 222 Å². The van der Waals surface area contributed by atoms with E-state index in [1.54, 1.807) is 0 Å². The number of phenols is 1. The Balaban J connectivity index is 3.10. The molecule has 13 heteroatoms. The molecule has 0 aliphatic heterocycles. The fourth-order valence-electron chi connectivity index (χ4n) is 1.69. The van der Waals surface area contributed by atoms with Gasteiger partial charge < -0.3 is 32.3 Å². The number of urea groups is 1. The highest BCUT2D eigenvalue weighted by Crippen LogP contribution is 2.31. The third-order valence-electron chi connectivity index (χ3n) is 2.87. The van der Waals surface area contributed by atoms with E-state index in [0.717, 1.165) is 12.1 Å². The summed E-state index contributed by atoms with van der Waals surface area (Å²) in [6.45, 7) is -0.450. The van der Waals surface area contributed by atoms with Crippen LogP contribution in [0.5, 0.6) is 5.75 Å². The maximum atomic E-state index is 11.7.